The van der Waals surface area contributed by atoms with Crippen molar-refractivity contribution in [1.82, 2.24) is 9.80 Å². The molecule has 0 bridgehead atoms. The van der Waals surface area contributed by atoms with E-state index in [9.17, 15) is 13.2 Å². The van der Waals surface area contributed by atoms with Crippen LogP contribution in [-0.4, -0.2) is 55.6 Å². The van der Waals surface area contributed by atoms with Crippen molar-refractivity contribution in [2.75, 3.05) is 19.6 Å². The zero-order chi connectivity index (χ0) is 17.4. The van der Waals surface area contributed by atoms with Crippen LogP contribution in [0, 0.1) is 0 Å². The lowest BCUT2D eigenvalue weighted by Crippen LogP contribution is -2.48. The second kappa shape index (κ2) is 6.44. The summed E-state index contributed by atoms with van der Waals surface area (Å²) in [5, 5.41) is 0. The van der Waals surface area contributed by atoms with Crippen LogP contribution in [0.3, 0.4) is 0 Å². The summed E-state index contributed by atoms with van der Waals surface area (Å²) in [7, 11) is -3.65. The van der Waals surface area contributed by atoms with Gasteiger partial charge in [-0.2, -0.15) is 8.42 Å². The van der Waals surface area contributed by atoms with E-state index in [1.54, 1.807) is 18.2 Å². The SMILES string of the molecule is O=C([C@@H]1CCCN1C1=NS(=O)(=O)c2ccccc21)N1CCCCCC1. The van der Waals surface area contributed by atoms with E-state index in [0.29, 0.717) is 17.9 Å². The molecule has 134 valence electrons. The Hall–Kier alpha value is -1.89. The Kier molecular flexibility index (Phi) is 4.27. The van der Waals surface area contributed by atoms with Crippen molar-refractivity contribution < 1.29 is 13.2 Å². The van der Waals surface area contributed by atoms with Crippen molar-refractivity contribution >= 4 is 21.8 Å². The van der Waals surface area contributed by atoms with Crippen LogP contribution in [0.15, 0.2) is 33.6 Å². The van der Waals surface area contributed by atoms with Gasteiger partial charge < -0.3 is 9.80 Å². The van der Waals surface area contributed by atoms with E-state index in [2.05, 4.69) is 4.40 Å². The predicted octanol–water partition coefficient (Wildman–Crippen LogP) is 2.00. The lowest BCUT2D eigenvalue weighted by atomic mass is 10.1. The number of fused-ring (bicyclic) bond motifs is 1. The van der Waals surface area contributed by atoms with Gasteiger partial charge in [0.2, 0.25) is 5.91 Å². The van der Waals surface area contributed by atoms with Gasteiger partial charge in [-0.15, -0.1) is 4.40 Å². The minimum atomic E-state index is -3.65. The van der Waals surface area contributed by atoms with Crippen LogP contribution in [0.1, 0.15) is 44.1 Å². The Bertz CT molecular complexity index is 811. The van der Waals surface area contributed by atoms with Gasteiger partial charge in [-0.3, -0.25) is 4.79 Å². The zero-order valence-corrected chi connectivity index (χ0v) is 15.0. The number of amidine groups is 1. The van der Waals surface area contributed by atoms with Crippen molar-refractivity contribution in [3.05, 3.63) is 29.8 Å². The van der Waals surface area contributed by atoms with Crippen LogP contribution in [0.5, 0.6) is 0 Å². The molecule has 1 amide bonds. The number of nitrogens with zero attached hydrogens (tertiary/aromatic N) is 3. The molecule has 0 saturated carbocycles. The van der Waals surface area contributed by atoms with Crippen LogP contribution >= 0.6 is 0 Å². The molecule has 25 heavy (non-hydrogen) atoms. The normalized spacial score (nSPS) is 25.4. The molecule has 7 heteroatoms. The molecule has 0 radical (unpaired) electrons. The molecule has 0 spiro atoms. The van der Waals surface area contributed by atoms with Gasteiger partial charge in [0.15, 0.2) is 5.84 Å². The van der Waals surface area contributed by atoms with Gasteiger partial charge in [-0.1, -0.05) is 25.0 Å². The first kappa shape index (κ1) is 16.6. The van der Waals surface area contributed by atoms with Crippen molar-refractivity contribution in [2.45, 2.75) is 49.5 Å². The Labute approximate surface area is 148 Å². The highest BCUT2D eigenvalue weighted by Crippen LogP contribution is 2.31. The number of carbonyl (C=O) groups is 1. The molecule has 0 aliphatic carbocycles. The van der Waals surface area contributed by atoms with Gasteiger partial charge in [-0.25, -0.2) is 0 Å². The summed E-state index contributed by atoms with van der Waals surface area (Å²) in [6.45, 7) is 2.29. The van der Waals surface area contributed by atoms with E-state index in [-0.39, 0.29) is 16.8 Å². The fourth-order valence-corrected chi connectivity index (χ4v) is 5.29. The average Bonchev–Trinajstić information content (AvgIpc) is 3.07. The smallest absolute Gasteiger partial charge is 0.285 e. The summed E-state index contributed by atoms with van der Waals surface area (Å²) < 4.78 is 28.7. The molecule has 0 N–H and O–H groups in total. The maximum atomic E-state index is 13.1. The van der Waals surface area contributed by atoms with Crippen LogP contribution in [0.2, 0.25) is 0 Å². The topological polar surface area (TPSA) is 70.0 Å². The summed E-state index contributed by atoms with van der Waals surface area (Å²) in [6, 6.07) is 6.60. The van der Waals surface area contributed by atoms with E-state index in [1.807, 2.05) is 15.9 Å². The molecule has 2 saturated heterocycles. The van der Waals surface area contributed by atoms with Crippen LogP contribution < -0.4 is 0 Å². The third-order valence-corrected chi connectivity index (χ3v) is 6.67. The monoisotopic (exact) mass is 361 g/mol. The van der Waals surface area contributed by atoms with E-state index in [0.717, 1.165) is 38.8 Å². The van der Waals surface area contributed by atoms with Gasteiger partial charge in [0.1, 0.15) is 10.9 Å². The van der Waals surface area contributed by atoms with Crippen LogP contribution in [0.25, 0.3) is 0 Å². The van der Waals surface area contributed by atoms with Gasteiger partial charge >= 0.3 is 0 Å². The maximum absolute atomic E-state index is 13.1. The number of hydrogen-bond donors (Lipinski definition) is 0. The number of hydrogen-bond acceptors (Lipinski definition) is 4. The fourth-order valence-electron chi connectivity index (χ4n) is 4.07. The lowest BCUT2D eigenvalue weighted by molar-refractivity contribution is -0.134. The number of carbonyl (C=O) groups excluding carboxylic acids is 1. The van der Waals surface area contributed by atoms with Gasteiger partial charge in [0.25, 0.3) is 10.0 Å². The van der Waals surface area contributed by atoms with Crippen molar-refractivity contribution in [3.63, 3.8) is 0 Å². The Morgan fingerprint density at radius 2 is 1.72 bits per heavy atom. The molecule has 1 aromatic rings. The highest BCUT2D eigenvalue weighted by atomic mass is 32.2. The molecule has 1 aromatic carbocycles. The van der Waals surface area contributed by atoms with Gasteiger partial charge in [0, 0.05) is 25.2 Å². The summed E-state index contributed by atoms with van der Waals surface area (Å²) in [4.78, 5) is 17.2. The first-order valence-electron chi connectivity index (χ1n) is 9.08. The largest absolute Gasteiger partial charge is 0.343 e. The summed E-state index contributed by atoms with van der Waals surface area (Å²) >= 11 is 0. The third kappa shape index (κ3) is 2.94. The second-order valence-electron chi connectivity index (χ2n) is 6.98. The zero-order valence-electron chi connectivity index (χ0n) is 14.2. The van der Waals surface area contributed by atoms with Crippen LogP contribution in [-0.2, 0) is 14.8 Å². The summed E-state index contributed by atoms with van der Waals surface area (Å²) in [5.41, 5.74) is 0.623. The minimum Gasteiger partial charge on any atom is -0.343 e. The number of sulfonamides is 1. The highest BCUT2D eigenvalue weighted by Gasteiger charge is 2.40. The molecule has 3 aliphatic heterocycles. The van der Waals surface area contributed by atoms with Gasteiger partial charge in [-0.05, 0) is 37.8 Å². The third-order valence-electron chi connectivity index (χ3n) is 5.34. The standard InChI is InChI=1S/C18H23N3O3S/c22-18(20-11-5-1-2-6-12-20)15-9-7-13-21(15)17-14-8-3-4-10-16(14)25(23,24)19-17/h3-4,8,10,15H,1-2,5-7,9,11-13H2/t15-/m0/s1. The van der Waals surface area contributed by atoms with E-state index < -0.39 is 10.0 Å². The number of benzene rings is 1. The average molecular weight is 361 g/mol. The predicted molar refractivity (Wildman–Crippen MR) is 94.9 cm³/mol. The molecule has 4 rings (SSSR count). The Morgan fingerprint density at radius 3 is 2.48 bits per heavy atom. The van der Waals surface area contributed by atoms with Crippen molar-refractivity contribution in [2.24, 2.45) is 4.40 Å². The minimum absolute atomic E-state index is 0.129. The number of amides is 1. The molecule has 0 unspecified atom stereocenters. The molecule has 1 atom stereocenters. The van der Waals surface area contributed by atoms with E-state index in [1.165, 1.54) is 12.8 Å². The van der Waals surface area contributed by atoms with E-state index in [4.69, 9.17) is 0 Å². The van der Waals surface area contributed by atoms with Crippen molar-refractivity contribution in [3.8, 4) is 0 Å². The fraction of sp³-hybridized carbons (Fsp3) is 0.556. The highest BCUT2D eigenvalue weighted by molar-refractivity contribution is 7.90. The quantitative estimate of drug-likeness (QED) is 0.767. The molecule has 6 nitrogen and oxygen atoms in total. The Morgan fingerprint density at radius 1 is 1.00 bits per heavy atom. The molecule has 0 aromatic heterocycles. The summed E-state index contributed by atoms with van der Waals surface area (Å²) in [5.74, 6) is 0.574. The Balaban J connectivity index is 1.63. The number of rotatable bonds is 1. The first-order valence-corrected chi connectivity index (χ1v) is 10.5. The molecule has 2 fully saturated rings. The number of likely N-dealkylation sites (tertiary alicyclic amines) is 2. The van der Waals surface area contributed by atoms with Crippen LogP contribution in [0.4, 0.5) is 0 Å². The second-order valence-corrected chi connectivity index (χ2v) is 8.55. The molecular weight excluding hydrogens is 338 g/mol. The molecular formula is C18H23N3O3S. The van der Waals surface area contributed by atoms with Crippen molar-refractivity contribution in [1.29, 1.82) is 0 Å². The van der Waals surface area contributed by atoms with E-state index >= 15 is 0 Å². The maximum Gasteiger partial charge on any atom is 0.285 e. The summed E-state index contributed by atoms with van der Waals surface area (Å²) in [6.07, 6.45) is 6.10. The lowest BCUT2D eigenvalue weighted by Gasteiger charge is -2.30. The van der Waals surface area contributed by atoms with Gasteiger partial charge in [0.05, 0.1) is 0 Å². The molecule has 3 aliphatic rings. The first-order chi connectivity index (χ1) is 12.1. The molecule has 3 heterocycles.